The van der Waals surface area contributed by atoms with E-state index >= 15 is 0 Å². The van der Waals surface area contributed by atoms with E-state index in [2.05, 4.69) is 16.0 Å². The van der Waals surface area contributed by atoms with Crippen molar-refractivity contribution in [1.29, 1.82) is 0 Å². The summed E-state index contributed by atoms with van der Waals surface area (Å²) >= 11 is 1.65. The second kappa shape index (κ2) is 4.05. The molecule has 0 aliphatic rings. The first-order valence-electron chi connectivity index (χ1n) is 6.74. The Labute approximate surface area is 128 Å². The molecule has 0 saturated heterocycles. The summed E-state index contributed by atoms with van der Waals surface area (Å²) in [5.74, 6) is 0. The van der Waals surface area contributed by atoms with Gasteiger partial charge in [-0.1, -0.05) is 22.8 Å². The van der Waals surface area contributed by atoms with Crippen LogP contribution in [0.25, 0.3) is 32.6 Å². The van der Waals surface area contributed by atoms with E-state index < -0.39 is 0 Å². The highest BCUT2D eigenvalue weighted by Crippen LogP contribution is 2.31. The van der Waals surface area contributed by atoms with Gasteiger partial charge >= 0.3 is 5.65 Å². The molecule has 4 heterocycles. The number of para-hydroxylation sites is 1. The first-order chi connectivity index (χ1) is 10.8. The van der Waals surface area contributed by atoms with E-state index in [9.17, 15) is 5.21 Å². The van der Waals surface area contributed by atoms with Crippen LogP contribution in [0.5, 0.6) is 0 Å². The summed E-state index contributed by atoms with van der Waals surface area (Å²) in [6, 6.07) is 10.1. The largest absolute Gasteiger partial charge is 0.724 e. The number of hydrogen-bond acceptors (Lipinski definition) is 4. The zero-order chi connectivity index (χ0) is 14.7. The highest BCUT2D eigenvalue weighted by molar-refractivity contribution is 7.13. The predicted molar refractivity (Wildman–Crippen MR) is 83.7 cm³/mol. The average molecular weight is 307 g/mol. The molecule has 1 aromatic carbocycles. The second-order valence-corrected chi connectivity index (χ2v) is 5.91. The van der Waals surface area contributed by atoms with Gasteiger partial charge in [-0.3, -0.25) is 0 Å². The average Bonchev–Trinajstić information content (AvgIpc) is 3.25. The molecule has 0 saturated carbocycles. The third-order valence-electron chi connectivity index (χ3n) is 3.75. The topological polar surface area (TPSA) is 62.3 Å². The summed E-state index contributed by atoms with van der Waals surface area (Å²) < 4.78 is 3.33. The van der Waals surface area contributed by atoms with Gasteiger partial charge in [-0.15, -0.1) is 20.8 Å². The van der Waals surface area contributed by atoms with Crippen LogP contribution < -0.4 is 4.52 Å². The van der Waals surface area contributed by atoms with Crippen molar-refractivity contribution in [3.8, 4) is 10.4 Å². The van der Waals surface area contributed by atoms with E-state index in [-0.39, 0.29) is 0 Å². The third-order valence-corrected chi connectivity index (χ3v) is 4.65. The maximum atomic E-state index is 12.6. The number of fused-ring (bicyclic) bond motifs is 5. The lowest BCUT2D eigenvalue weighted by atomic mass is 10.1. The zero-order valence-corrected chi connectivity index (χ0v) is 12.1. The summed E-state index contributed by atoms with van der Waals surface area (Å²) in [6.07, 6.45) is 5.03. The van der Waals surface area contributed by atoms with Gasteiger partial charge in [0.1, 0.15) is 17.9 Å². The van der Waals surface area contributed by atoms with Gasteiger partial charge in [0.15, 0.2) is 0 Å². The fourth-order valence-corrected chi connectivity index (χ4v) is 3.60. The molecule has 0 atom stereocenters. The van der Waals surface area contributed by atoms with Crippen molar-refractivity contribution in [3.63, 3.8) is 0 Å². The van der Waals surface area contributed by atoms with E-state index in [1.165, 1.54) is 6.20 Å². The van der Waals surface area contributed by atoms with Crippen molar-refractivity contribution in [1.82, 2.24) is 19.4 Å². The van der Waals surface area contributed by atoms with Crippen LogP contribution in [0.3, 0.4) is 0 Å². The Hall–Kier alpha value is -2.93. The number of thiophene rings is 1. The minimum atomic E-state index is 0.311. The Morgan fingerprint density at radius 2 is 2.00 bits per heavy atom. The third kappa shape index (κ3) is 1.35. The van der Waals surface area contributed by atoms with Gasteiger partial charge in [0.2, 0.25) is 0 Å². The summed E-state index contributed by atoms with van der Waals surface area (Å²) in [4.78, 5) is 10.3. The van der Waals surface area contributed by atoms with E-state index in [0.29, 0.717) is 11.3 Å². The van der Waals surface area contributed by atoms with Gasteiger partial charge in [-0.2, -0.15) is 4.85 Å². The first kappa shape index (κ1) is 11.7. The molecule has 0 fully saturated rings. The lowest BCUT2D eigenvalue weighted by Crippen LogP contribution is -2.26. The Bertz CT molecular complexity index is 1140. The molecule has 106 valence electrons. The van der Waals surface area contributed by atoms with Crippen LogP contribution in [0.15, 0.2) is 54.3 Å². The molecule has 4 aromatic heterocycles. The highest BCUT2D eigenvalue weighted by Gasteiger charge is 2.21. The molecule has 0 aliphatic carbocycles. The minimum Gasteiger partial charge on any atom is -0.724 e. The van der Waals surface area contributed by atoms with E-state index in [4.69, 9.17) is 0 Å². The van der Waals surface area contributed by atoms with Crippen LogP contribution in [0.1, 0.15) is 0 Å². The van der Waals surface area contributed by atoms with Crippen LogP contribution in [0.4, 0.5) is 0 Å². The quantitative estimate of drug-likeness (QED) is 0.447. The van der Waals surface area contributed by atoms with E-state index in [0.717, 1.165) is 26.2 Å². The maximum absolute atomic E-state index is 12.6. The molecule has 0 bridgehead atoms. The molecule has 0 spiro atoms. The monoisotopic (exact) mass is 307 g/mol. The van der Waals surface area contributed by atoms with Crippen LogP contribution in [0, 0.1) is 5.21 Å². The summed E-state index contributed by atoms with van der Waals surface area (Å²) in [5.41, 5.74) is 2.75. The number of rotatable bonds is 1. The summed E-state index contributed by atoms with van der Waals surface area (Å²) in [5, 5.41) is 15.7. The van der Waals surface area contributed by atoms with Gasteiger partial charge in [0.25, 0.3) is 5.65 Å². The fraction of sp³-hybridized carbons (Fsp3) is 0. The van der Waals surface area contributed by atoms with E-state index in [1.54, 1.807) is 26.7 Å². The van der Waals surface area contributed by atoms with Gasteiger partial charge < -0.3 is 5.21 Å². The molecule has 6 nitrogen and oxygen atoms in total. The molecule has 7 heteroatoms. The lowest BCUT2D eigenvalue weighted by Gasteiger charge is -2.04. The number of benzene rings is 1. The molecule has 0 amide bonds. The molecule has 0 N–H and O–H groups in total. The molecule has 0 unspecified atom stereocenters. The van der Waals surface area contributed by atoms with Gasteiger partial charge in [-0.05, 0) is 17.5 Å². The highest BCUT2D eigenvalue weighted by atomic mass is 32.1. The molecule has 22 heavy (non-hydrogen) atoms. The molecule has 0 radical (unpaired) electrons. The van der Waals surface area contributed by atoms with Gasteiger partial charge in [0.05, 0.1) is 6.20 Å². The van der Waals surface area contributed by atoms with Crippen LogP contribution in [0.2, 0.25) is 0 Å². The van der Waals surface area contributed by atoms with Crippen LogP contribution >= 0.6 is 11.3 Å². The molecular formula is C15H9N5OS. The lowest BCUT2D eigenvalue weighted by molar-refractivity contribution is -0.593. The van der Waals surface area contributed by atoms with Gasteiger partial charge in [0, 0.05) is 15.8 Å². The van der Waals surface area contributed by atoms with Crippen molar-refractivity contribution >= 4 is 33.5 Å². The number of nitrogens with zero attached hydrogens (tertiary/aromatic N) is 5. The SMILES string of the molecule is [O-]n1c2nccnc2[n+]2cc3cccc(-c4cccs4)c3n12. The van der Waals surface area contributed by atoms with E-state index in [1.807, 2.05) is 35.8 Å². The van der Waals surface area contributed by atoms with Crippen LogP contribution in [-0.4, -0.2) is 19.4 Å². The second-order valence-electron chi connectivity index (χ2n) is 4.96. The van der Waals surface area contributed by atoms with Crippen molar-refractivity contribution in [2.45, 2.75) is 0 Å². The fourth-order valence-electron chi connectivity index (χ4n) is 2.85. The minimum absolute atomic E-state index is 0.311. The first-order valence-corrected chi connectivity index (χ1v) is 7.62. The molecule has 5 rings (SSSR count). The Kier molecular flexibility index (Phi) is 2.15. The number of hydrogen-bond donors (Lipinski definition) is 0. The normalized spacial score (nSPS) is 11.8. The standard InChI is InChI=1S/C15H9N5OS/c21-20-15-14(16-6-7-17-15)18-9-10-3-1-4-11(13(10)19(18)20)12-5-2-8-22-12/h1-9H. The predicted octanol–water partition coefficient (Wildman–Crippen LogP) is 2.50. The molecule has 0 aliphatic heterocycles. The molecule has 5 aromatic rings. The van der Waals surface area contributed by atoms with Crippen molar-refractivity contribution in [2.24, 2.45) is 0 Å². The Balaban J connectivity index is 2.05. The van der Waals surface area contributed by atoms with Crippen molar-refractivity contribution < 1.29 is 4.52 Å². The number of aromatic nitrogens is 5. The summed E-state index contributed by atoms with van der Waals surface area (Å²) in [6.45, 7) is 0. The maximum Gasteiger partial charge on any atom is 0.346 e. The van der Waals surface area contributed by atoms with Gasteiger partial charge in [-0.25, -0.2) is 4.98 Å². The van der Waals surface area contributed by atoms with Crippen molar-refractivity contribution in [3.05, 3.63) is 59.5 Å². The van der Waals surface area contributed by atoms with Crippen LogP contribution in [-0.2, 0) is 0 Å². The Morgan fingerprint density at radius 1 is 1.09 bits per heavy atom. The molecular weight excluding hydrogens is 298 g/mol. The summed E-state index contributed by atoms with van der Waals surface area (Å²) in [7, 11) is 0. The zero-order valence-electron chi connectivity index (χ0n) is 11.2. The van der Waals surface area contributed by atoms with Crippen molar-refractivity contribution in [2.75, 3.05) is 0 Å². The smallest absolute Gasteiger partial charge is 0.346 e. The Morgan fingerprint density at radius 3 is 2.86 bits per heavy atom.